The lowest BCUT2D eigenvalue weighted by Gasteiger charge is -2.08. The fourth-order valence-corrected chi connectivity index (χ4v) is 2.84. The van der Waals surface area contributed by atoms with Gasteiger partial charge >= 0.3 is 0 Å². The second-order valence-electron chi connectivity index (χ2n) is 5.66. The average Bonchev–Trinajstić information content (AvgIpc) is 2.93. The number of hydrogen-bond donors (Lipinski definition) is 2. The van der Waals surface area contributed by atoms with E-state index in [9.17, 15) is 9.59 Å². The van der Waals surface area contributed by atoms with Gasteiger partial charge in [-0.25, -0.2) is 0 Å². The van der Waals surface area contributed by atoms with Gasteiger partial charge in [0.2, 0.25) is 5.56 Å². The van der Waals surface area contributed by atoms with Gasteiger partial charge < -0.3 is 14.7 Å². The molecular weight excluding hydrogens is 304 g/mol. The average molecular weight is 318 g/mol. The molecule has 4 rings (SSSR count). The smallest absolute Gasteiger partial charge is 0.256 e. The molecule has 0 saturated heterocycles. The molecular formula is C19H14N2O3. The van der Waals surface area contributed by atoms with Crippen LogP contribution in [0.3, 0.4) is 0 Å². The molecule has 0 atom stereocenters. The number of anilines is 1. The van der Waals surface area contributed by atoms with Gasteiger partial charge in [0.25, 0.3) is 5.91 Å². The molecule has 0 aliphatic rings. The highest BCUT2D eigenvalue weighted by atomic mass is 16.3. The Balaban J connectivity index is 1.74. The van der Waals surface area contributed by atoms with E-state index in [1.54, 1.807) is 12.1 Å². The minimum Gasteiger partial charge on any atom is -0.461 e. The van der Waals surface area contributed by atoms with Crippen LogP contribution in [0.1, 0.15) is 16.1 Å². The van der Waals surface area contributed by atoms with E-state index in [1.807, 2.05) is 43.3 Å². The molecule has 0 saturated carbocycles. The fraction of sp³-hybridized carbons (Fsp3) is 0.0526. The summed E-state index contributed by atoms with van der Waals surface area (Å²) in [7, 11) is 0. The van der Waals surface area contributed by atoms with Crippen LogP contribution in [0, 0.1) is 6.92 Å². The Morgan fingerprint density at radius 3 is 2.79 bits per heavy atom. The van der Waals surface area contributed by atoms with E-state index in [1.165, 1.54) is 6.07 Å². The van der Waals surface area contributed by atoms with Gasteiger partial charge in [-0.3, -0.25) is 9.59 Å². The largest absolute Gasteiger partial charge is 0.461 e. The summed E-state index contributed by atoms with van der Waals surface area (Å²) in [5.41, 5.74) is 2.10. The summed E-state index contributed by atoms with van der Waals surface area (Å²) in [6.45, 7) is 1.88. The van der Waals surface area contributed by atoms with Gasteiger partial charge in [0.15, 0.2) is 0 Å². The van der Waals surface area contributed by atoms with E-state index in [0.717, 1.165) is 16.7 Å². The van der Waals surface area contributed by atoms with Gasteiger partial charge in [-0.2, -0.15) is 0 Å². The van der Waals surface area contributed by atoms with E-state index in [4.69, 9.17) is 4.42 Å². The van der Waals surface area contributed by atoms with Crippen LogP contribution >= 0.6 is 0 Å². The standard InChI is InChI=1S/C19H14N2O3/c1-11-8-12-9-13(6-7-17(12)24-11)20-19(23)15-10-18(22)21-16-5-3-2-4-14(15)16/h2-10H,1H3,(H,20,23)(H,21,22). The predicted octanol–water partition coefficient (Wildman–Crippen LogP) is 3.84. The minimum absolute atomic E-state index is 0.306. The molecule has 5 heteroatoms. The molecule has 0 spiro atoms. The molecule has 2 heterocycles. The quantitative estimate of drug-likeness (QED) is 0.590. The number of rotatable bonds is 2. The number of fused-ring (bicyclic) bond motifs is 2. The van der Waals surface area contributed by atoms with Crippen molar-refractivity contribution >= 4 is 33.5 Å². The Hall–Kier alpha value is -3.34. The van der Waals surface area contributed by atoms with E-state index >= 15 is 0 Å². The van der Waals surface area contributed by atoms with Gasteiger partial charge in [0, 0.05) is 28.0 Å². The first-order valence-electron chi connectivity index (χ1n) is 7.54. The molecule has 0 unspecified atom stereocenters. The molecule has 2 N–H and O–H groups in total. The number of H-pyrrole nitrogens is 1. The molecule has 118 valence electrons. The Morgan fingerprint density at radius 1 is 1.08 bits per heavy atom. The van der Waals surface area contributed by atoms with Crippen molar-refractivity contribution in [3.05, 3.63) is 76.3 Å². The topological polar surface area (TPSA) is 75.1 Å². The van der Waals surface area contributed by atoms with E-state index in [2.05, 4.69) is 10.3 Å². The van der Waals surface area contributed by atoms with Gasteiger partial charge in [0.1, 0.15) is 11.3 Å². The first kappa shape index (κ1) is 14.3. The Labute approximate surface area is 136 Å². The highest BCUT2D eigenvalue weighted by molar-refractivity contribution is 6.12. The number of nitrogens with one attached hydrogen (secondary N) is 2. The number of pyridine rings is 1. The van der Waals surface area contributed by atoms with Crippen molar-refractivity contribution in [2.24, 2.45) is 0 Å². The molecule has 0 aliphatic heterocycles. The van der Waals surface area contributed by atoms with Crippen molar-refractivity contribution in [3.8, 4) is 0 Å². The van der Waals surface area contributed by atoms with Gasteiger partial charge in [0.05, 0.1) is 5.56 Å². The summed E-state index contributed by atoms with van der Waals surface area (Å²) < 4.78 is 5.53. The maximum absolute atomic E-state index is 12.6. The molecule has 0 bridgehead atoms. The van der Waals surface area contributed by atoms with Crippen LogP contribution in [0.25, 0.3) is 21.9 Å². The molecule has 5 nitrogen and oxygen atoms in total. The monoisotopic (exact) mass is 318 g/mol. The van der Waals surface area contributed by atoms with Gasteiger partial charge in [-0.15, -0.1) is 0 Å². The highest BCUT2D eigenvalue weighted by Gasteiger charge is 2.12. The summed E-state index contributed by atoms with van der Waals surface area (Å²) in [5.74, 6) is 0.492. The number of carbonyl (C=O) groups is 1. The SMILES string of the molecule is Cc1cc2cc(NC(=O)c3cc(=O)[nH]c4ccccc34)ccc2o1. The summed E-state index contributed by atoms with van der Waals surface area (Å²) in [4.78, 5) is 27.2. The summed E-state index contributed by atoms with van der Waals surface area (Å²) in [6, 6.07) is 15.9. The number of para-hydroxylation sites is 1. The Bertz CT molecular complexity index is 1140. The van der Waals surface area contributed by atoms with E-state index < -0.39 is 0 Å². The zero-order valence-electron chi connectivity index (χ0n) is 12.9. The lowest BCUT2D eigenvalue weighted by Crippen LogP contribution is -2.16. The molecule has 2 aromatic carbocycles. The van der Waals surface area contributed by atoms with Crippen molar-refractivity contribution in [2.45, 2.75) is 6.92 Å². The highest BCUT2D eigenvalue weighted by Crippen LogP contribution is 2.23. The van der Waals surface area contributed by atoms with Crippen LogP contribution in [-0.4, -0.2) is 10.9 Å². The number of aryl methyl sites for hydroxylation is 1. The summed E-state index contributed by atoms with van der Waals surface area (Å²) >= 11 is 0. The van der Waals surface area contributed by atoms with Crippen LogP contribution in [0.4, 0.5) is 5.69 Å². The molecule has 0 aliphatic carbocycles. The number of carbonyl (C=O) groups excluding carboxylic acids is 1. The molecule has 2 aromatic heterocycles. The number of benzene rings is 2. The minimum atomic E-state index is -0.322. The second kappa shape index (κ2) is 5.38. The second-order valence-corrected chi connectivity index (χ2v) is 5.66. The Morgan fingerprint density at radius 2 is 1.92 bits per heavy atom. The van der Waals surface area contributed by atoms with Crippen LogP contribution < -0.4 is 10.9 Å². The summed E-state index contributed by atoms with van der Waals surface area (Å²) in [5, 5.41) is 4.47. The normalized spacial score (nSPS) is 11.0. The third kappa shape index (κ3) is 2.46. The lowest BCUT2D eigenvalue weighted by molar-refractivity contribution is 0.102. The number of hydrogen-bond acceptors (Lipinski definition) is 3. The van der Waals surface area contributed by atoms with Crippen molar-refractivity contribution < 1.29 is 9.21 Å². The maximum atomic E-state index is 12.6. The van der Waals surface area contributed by atoms with E-state index in [-0.39, 0.29) is 11.5 Å². The predicted molar refractivity (Wildman–Crippen MR) is 93.5 cm³/mol. The van der Waals surface area contributed by atoms with Crippen molar-refractivity contribution in [3.63, 3.8) is 0 Å². The number of aromatic nitrogens is 1. The molecule has 1 amide bonds. The summed E-state index contributed by atoms with van der Waals surface area (Å²) in [6.07, 6.45) is 0. The Kier molecular flexibility index (Phi) is 3.20. The van der Waals surface area contributed by atoms with Crippen molar-refractivity contribution in [2.75, 3.05) is 5.32 Å². The molecule has 0 fully saturated rings. The van der Waals surface area contributed by atoms with Gasteiger partial charge in [-0.1, -0.05) is 18.2 Å². The first-order valence-corrected chi connectivity index (χ1v) is 7.54. The van der Waals surface area contributed by atoms with E-state index in [0.29, 0.717) is 22.2 Å². The fourth-order valence-electron chi connectivity index (χ4n) is 2.84. The molecule has 24 heavy (non-hydrogen) atoms. The van der Waals surface area contributed by atoms with Gasteiger partial charge in [-0.05, 0) is 37.3 Å². The third-order valence-corrected chi connectivity index (χ3v) is 3.89. The lowest BCUT2D eigenvalue weighted by atomic mass is 10.1. The van der Waals surface area contributed by atoms with Crippen molar-refractivity contribution in [1.29, 1.82) is 0 Å². The zero-order chi connectivity index (χ0) is 16.7. The maximum Gasteiger partial charge on any atom is 0.256 e. The van der Waals surface area contributed by atoms with Crippen LogP contribution in [0.15, 0.2) is 63.8 Å². The third-order valence-electron chi connectivity index (χ3n) is 3.89. The van der Waals surface area contributed by atoms with Crippen LogP contribution in [-0.2, 0) is 0 Å². The molecule has 0 radical (unpaired) electrons. The van der Waals surface area contributed by atoms with Crippen molar-refractivity contribution in [1.82, 2.24) is 4.98 Å². The first-order chi connectivity index (χ1) is 11.6. The number of aromatic amines is 1. The number of amides is 1. The zero-order valence-corrected chi connectivity index (χ0v) is 12.9. The van der Waals surface area contributed by atoms with Crippen LogP contribution in [0.5, 0.6) is 0 Å². The molecule has 4 aromatic rings. The number of furan rings is 1. The van der Waals surface area contributed by atoms with Crippen LogP contribution in [0.2, 0.25) is 0 Å².